The number of H-pyrrole nitrogens is 1. The Kier molecular flexibility index (Phi) is 5.08. The summed E-state index contributed by atoms with van der Waals surface area (Å²) in [6.45, 7) is 7.37. The molecule has 7 atom stereocenters. The van der Waals surface area contributed by atoms with Gasteiger partial charge in [-0.25, -0.2) is 0 Å². The van der Waals surface area contributed by atoms with Crippen molar-refractivity contribution in [1.82, 2.24) is 4.98 Å². The van der Waals surface area contributed by atoms with Gasteiger partial charge in [0, 0.05) is 46.7 Å². The number of ketones is 1. The fourth-order valence-electron chi connectivity index (χ4n) is 8.27. The Balaban J connectivity index is 1.36. The Morgan fingerprint density at radius 2 is 1.92 bits per heavy atom. The Hall–Kier alpha value is -2.74. The Labute approximate surface area is 216 Å². The number of aliphatic hydroxyl groups excluding tert-OH is 1. The van der Waals surface area contributed by atoms with Crippen LogP contribution in [-0.4, -0.2) is 55.5 Å². The summed E-state index contributed by atoms with van der Waals surface area (Å²) in [7, 11) is 0. The molecular formula is C30H35NO6. The highest BCUT2D eigenvalue weighted by molar-refractivity contribution is 6.04. The number of hydrogen-bond donors (Lipinski definition) is 4. The molecule has 7 nitrogen and oxygen atoms in total. The van der Waals surface area contributed by atoms with Crippen LogP contribution in [0, 0.1) is 29.1 Å². The molecule has 0 saturated heterocycles. The van der Waals surface area contributed by atoms with Crippen LogP contribution >= 0.6 is 0 Å². The largest absolute Gasteiger partial charge is 0.458 e. The summed E-state index contributed by atoms with van der Waals surface area (Å²) in [6, 6.07) is 7.83. The molecule has 0 unspecified atom stereocenters. The van der Waals surface area contributed by atoms with Crippen LogP contribution < -0.4 is 0 Å². The summed E-state index contributed by atoms with van der Waals surface area (Å²) in [4.78, 5) is 29.6. The number of aromatic nitrogens is 1. The van der Waals surface area contributed by atoms with Gasteiger partial charge < -0.3 is 25.0 Å². The summed E-state index contributed by atoms with van der Waals surface area (Å²) < 4.78 is 6.34. The summed E-state index contributed by atoms with van der Waals surface area (Å²) in [5.41, 5.74) is -1.64. The monoisotopic (exact) mass is 505 g/mol. The van der Waals surface area contributed by atoms with E-state index in [4.69, 9.17) is 4.74 Å². The molecule has 196 valence electrons. The van der Waals surface area contributed by atoms with E-state index in [0.29, 0.717) is 17.6 Å². The molecule has 6 rings (SSSR count). The van der Waals surface area contributed by atoms with Crippen molar-refractivity contribution in [2.75, 3.05) is 6.61 Å². The third-order valence-electron chi connectivity index (χ3n) is 10.2. The number of Topliss-reactive ketones (excluding diaryl/α,β-unsaturated/α-hetero) is 1. The van der Waals surface area contributed by atoms with Crippen LogP contribution in [0.25, 0.3) is 10.9 Å². The van der Waals surface area contributed by atoms with Crippen LogP contribution in [0.4, 0.5) is 0 Å². The highest BCUT2D eigenvalue weighted by Crippen LogP contribution is 2.76. The van der Waals surface area contributed by atoms with Crippen LogP contribution in [0.1, 0.15) is 46.1 Å². The summed E-state index contributed by atoms with van der Waals surface area (Å²) in [5, 5.41) is 35.1. The predicted octanol–water partition coefficient (Wildman–Crippen LogP) is 3.23. The van der Waals surface area contributed by atoms with Crippen molar-refractivity contribution in [3.8, 4) is 0 Å². The Morgan fingerprint density at radius 1 is 1.19 bits per heavy atom. The molecule has 37 heavy (non-hydrogen) atoms. The first kappa shape index (κ1) is 24.6. The van der Waals surface area contributed by atoms with E-state index in [9.17, 15) is 24.9 Å². The number of benzene rings is 1. The van der Waals surface area contributed by atoms with E-state index in [0.717, 1.165) is 16.5 Å². The van der Waals surface area contributed by atoms with Crippen molar-refractivity contribution in [3.05, 3.63) is 59.3 Å². The Morgan fingerprint density at radius 3 is 2.65 bits per heavy atom. The van der Waals surface area contributed by atoms with Crippen LogP contribution in [0.15, 0.2) is 53.8 Å². The van der Waals surface area contributed by atoms with Crippen molar-refractivity contribution >= 4 is 22.7 Å². The second-order valence-corrected chi connectivity index (χ2v) is 12.4. The topological polar surface area (TPSA) is 120 Å². The fourth-order valence-corrected chi connectivity index (χ4v) is 8.27. The van der Waals surface area contributed by atoms with Gasteiger partial charge in [-0.3, -0.25) is 9.59 Å². The summed E-state index contributed by atoms with van der Waals surface area (Å²) >= 11 is 0. The number of carbonyl (C=O) groups excluding carboxylic acids is 2. The third-order valence-corrected chi connectivity index (χ3v) is 10.2. The standard InChI is InChI=1S/C30H35NO6/c1-16-9-23-28(35,26(16)34)13-18(15-32)10-21-25-27(3,4)29(25,12-17(2)30(21,23)36)37-24(33)11-19-14-31-22-8-6-5-7-20(19)22/h5-10,14,17,21,23,25,31-32,35-36H,11-13,15H2,1-4H3/t17-,21+,23-,25-,28-,29+,30-/m1/s1. The highest BCUT2D eigenvalue weighted by atomic mass is 16.6. The first-order valence-electron chi connectivity index (χ1n) is 13.2. The van der Waals surface area contributed by atoms with Crippen molar-refractivity contribution in [2.24, 2.45) is 29.1 Å². The van der Waals surface area contributed by atoms with Gasteiger partial charge in [-0.2, -0.15) is 0 Å². The number of aromatic amines is 1. The molecule has 7 heteroatoms. The normalized spacial score (nSPS) is 39.7. The van der Waals surface area contributed by atoms with Gasteiger partial charge in [0.05, 0.1) is 18.6 Å². The average molecular weight is 506 g/mol. The number of para-hydroxylation sites is 1. The van der Waals surface area contributed by atoms with Crippen LogP contribution in [0.3, 0.4) is 0 Å². The number of fused-ring (bicyclic) bond motifs is 6. The second-order valence-electron chi connectivity index (χ2n) is 12.4. The number of hydrogen-bond acceptors (Lipinski definition) is 6. The number of esters is 1. The van der Waals surface area contributed by atoms with Crippen molar-refractivity contribution < 1.29 is 29.6 Å². The minimum atomic E-state index is -1.79. The molecule has 2 aromatic rings. The summed E-state index contributed by atoms with van der Waals surface area (Å²) in [6.07, 6.45) is 5.94. The third kappa shape index (κ3) is 3.05. The molecule has 4 N–H and O–H groups in total. The minimum absolute atomic E-state index is 0.0210. The molecule has 2 saturated carbocycles. The maximum absolute atomic E-state index is 13.3. The maximum Gasteiger partial charge on any atom is 0.310 e. The number of aliphatic hydroxyl groups is 3. The first-order chi connectivity index (χ1) is 17.4. The van der Waals surface area contributed by atoms with Gasteiger partial charge >= 0.3 is 5.97 Å². The smallest absolute Gasteiger partial charge is 0.310 e. The van der Waals surface area contributed by atoms with Gasteiger partial charge in [-0.15, -0.1) is 0 Å². The lowest BCUT2D eigenvalue weighted by atomic mass is 9.60. The quantitative estimate of drug-likeness (QED) is 0.374. The maximum atomic E-state index is 13.3. The Bertz CT molecular complexity index is 1390. The van der Waals surface area contributed by atoms with Crippen molar-refractivity contribution in [1.29, 1.82) is 0 Å². The van der Waals surface area contributed by atoms with Crippen LogP contribution in [0.2, 0.25) is 0 Å². The van der Waals surface area contributed by atoms with Gasteiger partial charge in [0.2, 0.25) is 0 Å². The highest BCUT2D eigenvalue weighted by Gasteiger charge is 2.83. The van der Waals surface area contributed by atoms with Crippen molar-refractivity contribution in [3.63, 3.8) is 0 Å². The molecule has 4 aliphatic rings. The number of ether oxygens (including phenoxy) is 1. The molecule has 0 aliphatic heterocycles. The van der Waals surface area contributed by atoms with Gasteiger partial charge in [0.25, 0.3) is 0 Å². The van der Waals surface area contributed by atoms with Gasteiger partial charge in [0.15, 0.2) is 5.78 Å². The molecule has 0 radical (unpaired) electrons. The zero-order chi connectivity index (χ0) is 26.5. The number of nitrogens with one attached hydrogen (secondary N) is 1. The molecule has 1 heterocycles. The van der Waals surface area contributed by atoms with Crippen LogP contribution in [-0.2, 0) is 20.7 Å². The SMILES string of the molecule is CC1=C[C@H]2[C@@]3(O)[C@H](C)C[C@]4(OC(=O)Cc5c[nH]c6ccccc56)[C@H]([C@@H]3C=C(CO)C[C@]2(O)C1=O)C4(C)C. The van der Waals surface area contributed by atoms with E-state index < -0.39 is 39.8 Å². The van der Waals surface area contributed by atoms with Gasteiger partial charge in [-0.05, 0) is 42.0 Å². The minimum Gasteiger partial charge on any atom is -0.458 e. The molecule has 4 aliphatic carbocycles. The number of carbonyl (C=O) groups is 2. The van der Waals surface area contributed by atoms with Crippen LogP contribution in [0.5, 0.6) is 0 Å². The fraction of sp³-hybridized carbons (Fsp3) is 0.533. The molecule has 2 fully saturated rings. The second kappa shape index (κ2) is 7.65. The van der Waals surface area contributed by atoms with E-state index in [-0.39, 0.29) is 37.3 Å². The molecular weight excluding hydrogens is 470 g/mol. The van der Waals surface area contributed by atoms with Crippen molar-refractivity contribution in [2.45, 2.75) is 63.8 Å². The van der Waals surface area contributed by atoms with E-state index >= 15 is 0 Å². The average Bonchev–Trinajstić information content (AvgIpc) is 3.08. The van der Waals surface area contributed by atoms with E-state index in [2.05, 4.69) is 18.8 Å². The lowest BCUT2D eigenvalue weighted by Crippen LogP contribution is -2.61. The molecule has 1 aromatic heterocycles. The van der Waals surface area contributed by atoms with Gasteiger partial charge in [-0.1, -0.05) is 51.1 Å². The molecule has 0 amide bonds. The van der Waals surface area contributed by atoms with E-state index in [1.54, 1.807) is 13.0 Å². The van der Waals surface area contributed by atoms with E-state index in [1.807, 2.05) is 43.5 Å². The zero-order valence-electron chi connectivity index (χ0n) is 21.7. The predicted molar refractivity (Wildman–Crippen MR) is 137 cm³/mol. The van der Waals surface area contributed by atoms with Gasteiger partial charge in [0.1, 0.15) is 11.2 Å². The van der Waals surface area contributed by atoms with E-state index in [1.165, 1.54) is 0 Å². The molecule has 0 spiro atoms. The molecule has 0 bridgehead atoms. The lowest BCUT2D eigenvalue weighted by molar-refractivity contribution is -0.186. The number of rotatable bonds is 4. The lowest BCUT2D eigenvalue weighted by Gasteiger charge is -2.50. The zero-order valence-corrected chi connectivity index (χ0v) is 21.7. The first-order valence-corrected chi connectivity index (χ1v) is 13.2. The summed E-state index contributed by atoms with van der Waals surface area (Å²) in [5.74, 6) is -2.61. The molecule has 1 aromatic carbocycles.